The third kappa shape index (κ3) is 3.17. The molecule has 0 saturated heterocycles. The highest BCUT2D eigenvalue weighted by molar-refractivity contribution is 5.97. The van der Waals surface area contributed by atoms with Crippen molar-refractivity contribution in [2.24, 2.45) is 11.7 Å². The van der Waals surface area contributed by atoms with E-state index in [1.54, 1.807) is 0 Å². The number of ketones is 1. The number of hydrogen-bond acceptors (Lipinski definition) is 2. The van der Waals surface area contributed by atoms with E-state index in [0.717, 1.165) is 18.4 Å². The average molecular weight is 205 g/mol. The molecule has 2 N–H and O–H groups in total. The molecule has 0 aromatic heterocycles. The van der Waals surface area contributed by atoms with E-state index >= 15 is 0 Å². The molecule has 0 aliphatic carbocycles. The molecule has 0 bridgehead atoms. The zero-order valence-electron chi connectivity index (χ0n) is 9.49. The zero-order chi connectivity index (χ0) is 11.3. The van der Waals surface area contributed by atoms with Gasteiger partial charge in [0.1, 0.15) is 0 Å². The molecule has 0 fully saturated rings. The Balaban J connectivity index is 2.73. The molecule has 0 amide bonds. The summed E-state index contributed by atoms with van der Waals surface area (Å²) in [5, 5.41) is 0. The van der Waals surface area contributed by atoms with E-state index in [1.165, 1.54) is 5.56 Å². The lowest BCUT2D eigenvalue weighted by Gasteiger charge is -2.09. The number of Topliss-reactive ketones (excluding diaryl/α,β-unsaturated/α-hetero) is 1. The summed E-state index contributed by atoms with van der Waals surface area (Å²) in [6, 6.07) is 7.85. The van der Waals surface area contributed by atoms with Crippen LogP contribution in [0.5, 0.6) is 0 Å². The number of rotatable bonds is 5. The Labute approximate surface area is 91.5 Å². The van der Waals surface area contributed by atoms with E-state index in [2.05, 4.69) is 6.92 Å². The van der Waals surface area contributed by atoms with Crippen molar-refractivity contribution < 1.29 is 4.79 Å². The van der Waals surface area contributed by atoms with Gasteiger partial charge < -0.3 is 5.73 Å². The van der Waals surface area contributed by atoms with Gasteiger partial charge in [0.25, 0.3) is 0 Å². The summed E-state index contributed by atoms with van der Waals surface area (Å²) in [4.78, 5) is 11.9. The Hall–Kier alpha value is -1.15. The molecule has 2 nitrogen and oxygen atoms in total. The van der Waals surface area contributed by atoms with Crippen molar-refractivity contribution in [3.8, 4) is 0 Å². The summed E-state index contributed by atoms with van der Waals surface area (Å²) < 4.78 is 0. The number of hydrogen-bond donors (Lipinski definition) is 1. The van der Waals surface area contributed by atoms with Gasteiger partial charge in [0.2, 0.25) is 0 Å². The maximum atomic E-state index is 11.9. The van der Waals surface area contributed by atoms with Crippen molar-refractivity contribution >= 4 is 5.78 Å². The van der Waals surface area contributed by atoms with Gasteiger partial charge in [-0.25, -0.2) is 0 Å². The van der Waals surface area contributed by atoms with Gasteiger partial charge >= 0.3 is 0 Å². The first-order valence-electron chi connectivity index (χ1n) is 5.52. The minimum absolute atomic E-state index is 0.0301. The van der Waals surface area contributed by atoms with Gasteiger partial charge in [-0.3, -0.25) is 4.79 Å². The number of carbonyl (C=O) groups is 1. The van der Waals surface area contributed by atoms with Crippen LogP contribution in [0.4, 0.5) is 0 Å². The minimum atomic E-state index is 0.0301. The highest BCUT2D eigenvalue weighted by Gasteiger charge is 2.13. The third-order valence-electron chi connectivity index (χ3n) is 2.69. The molecule has 0 aliphatic heterocycles. The fourth-order valence-electron chi connectivity index (χ4n) is 1.57. The van der Waals surface area contributed by atoms with Crippen LogP contribution in [0.25, 0.3) is 0 Å². The second-order valence-corrected chi connectivity index (χ2v) is 3.89. The van der Waals surface area contributed by atoms with Crippen molar-refractivity contribution in [2.45, 2.75) is 26.7 Å². The Kier molecular flexibility index (Phi) is 4.50. The first kappa shape index (κ1) is 11.9. The molecule has 1 aromatic rings. The molecule has 1 aromatic carbocycles. The summed E-state index contributed by atoms with van der Waals surface area (Å²) >= 11 is 0. The van der Waals surface area contributed by atoms with E-state index in [9.17, 15) is 4.79 Å². The molecule has 1 atom stereocenters. The van der Waals surface area contributed by atoms with E-state index in [4.69, 9.17) is 5.73 Å². The van der Waals surface area contributed by atoms with E-state index in [0.29, 0.717) is 6.54 Å². The Morgan fingerprint density at radius 3 is 2.40 bits per heavy atom. The van der Waals surface area contributed by atoms with Crippen LogP contribution in [-0.2, 0) is 6.42 Å². The Bertz CT molecular complexity index is 316. The molecule has 0 radical (unpaired) electrons. The molecular weight excluding hydrogens is 186 g/mol. The minimum Gasteiger partial charge on any atom is -0.330 e. The van der Waals surface area contributed by atoms with Crippen LogP contribution in [0, 0.1) is 5.92 Å². The van der Waals surface area contributed by atoms with Crippen LogP contribution >= 0.6 is 0 Å². The zero-order valence-corrected chi connectivity index (χ0v) is 9.49. The second-order valence-electron chi connectivity index (χ2n) is 3.89. The topological polar surface area (TPSA) is 43.1 Å². The van der Waals surface area contributed by atoms with Gasteiger partial charge in [-0.05, 0) is 24.9 Å². The molecule has 1 rings (SSSR count). The number of aryl methyl sites for hydroxylation is 1. The van der Waals surface area contributed by atoms with Gasteiger partial charge in [0, 0.05) is 11.5 Å². The lowest BCUT2D eigenvalue weighted by molar-refractivity contribution is 0.0925. The van der Waals surface area contributed by atoms with Crippen molar-refractivity contribution in [3.63, 3.8) is 0 Å². The quantitative estimate of drug-likeness (QED) is 0.750. The van der Waals surface area contributed by atoms with Crippen molar-refractivity contribution in [2.75, 3.05) is 6.54 Å². The fourth-order valence-corrected chi connectivity index (χ4v) is 1.57. The molecule has 1 unspecified atom stereocenters. The molecule has 0 aliphatic rings. The van der Waals surface area contributed by atoms with Crippen LogP contribution in [0.3, 0.4) is 0 Å². The average Bonchev–Trinajstić information content (AvgIpc) is 2.28. The molecule has 0 heterocycles. The summed E-state index contributed by atoms with van der Waals surface area (Å²) in [6.07, 6.45) is 1.77. The maximum Gasteiger partial charge on any atom is 0.165 e. The van der Waals surface area contributed by atoms with Crippen LogP contribution < -0.4 is 5.73 Å². The van der Waals surface area contributed by atoms with Crippen LogP contribution in [0.2, 0.25) is 0 Å². The smallest absolute Gasteiger partial charge is 0.165 e. The van der Waals surface area contributed by atoms with Gasteiger partial charge in [0.15, 0.2) is 5.78 Å². The van der Waals surface area contributed by atoms with Gasteiger partial charge in [-0.1, -0.05) is 38.1 Å². The summed E-state index contributed by atoms with van der Waals surface area (Å²) in [5.74, 6) is 0.227. The van der Waals surface area contributed by atoms with Crippen LogP contribution in [0.1, 0.15) is 36.2 Å². The van der Waals surface area contributed by atoms with E-state index in [1.807, 2.05) is 31.2 Å². The van der Waals surface area contributed by atoms with Crippen LogP contribution in [0.15, 0.2) is 24.3 Å². The molecule has 15 heavy (non-hydrogen) atoms. The maximum absolute atomic E-state index is 11.9. The van der Waals surface area contributed by atoms with Crippen molar-refractivity contribution in [1.29, 1.82) is 0 Å². The van der Waals surface area contributed by atoms with Gasteiger partial charge in [-0.2, -0.15) is 0 Å². The normalized spacial score (nSPS) is 12.5. The highest BCUT2D eigenvalue weighted by atomic mass is 16.1. The van der Waals surface area contributed by atoms with Crippen molar-refractivity contribution in [1.82, 2.24) is 0 Å². The number of carbonyl (C=O) groups excluding carboxylic acids is 1. The largest absolute Gasteiger partial charge is 0.330 e. The van der Waals surface area contributed by atoms with Crippen molar-refractivity contribution in [3.05, 3.63) is 35.4 Å². The highest BCUT2D eigenvalue weighted by Crippen LogP contribution is 2.12. The summed E-state index contributed by atoms with van der Waals surface area (Å²) in [7, 11) is 0. The first-order chi connectivity index (χ1) is 7.19. The van der Waals surface area contributed by atoms with Crippen LogP contribution in [-0.4, -0.2) is 12.3 Å². The van der Waals surface area contributed by atoms with Gasteiger partial charge in [-0.15, -0.1) is 0 Å². The Morgan fingerprint density at radius 2 is 1.93 bits per heavy atom. The molecule has 0 saturated carbocycles. The predicted molar refractivity (Wildman–Crippen MR) is 63.0 cm³/mol. The second kappa shape index (κ2) is 5.66. The molecular formula is C13H19NO. The molecule has 0 spiro atoms. The number of nitrogens with two attached hydrogens (primary N) is 1. The fraction of sp³-hybridized carbons (Fsp3) is 0.462. The summed E-state index contributed by atoms with van der Waals surface area (Å²) in [6.45, 7) is 4.61. The third-order valence-corrected chi connectivity index (χ3v) is 2.69. The number of benzene rings is 1. The van der Waals surface area contributed by atoms with Gasteiger partial charge in [0.05, 0.1) is 0 Å². The first-order valence-corrected chi connectivity index (χ1v) is 5.52. The standard InChI is InChI=1S/C13H19NO/c1-3-11-4-6-12(7-5-11)13(15)10(2)8-9-14/h4-7,10H,3,8-9,14H2,1-2H3. The molecule has 2 heteroatoms. The SMILES string of the molecule is CCc1ccc(C(=O)C(C)CCN)cc1. The predicted octanol–water partition coefficient (Wildman–Crippen LogP) is 2.42. The lowest BCUT2D eigenvalue weighted by Crippen LogP contribution is -2.15. The Morgan fingerprint density at radius 1 is 1.33 bits per heavy atom. The van der Waals surface area contributed by atoms with E-state index < -0.39 is 0 Å². The lowest BCUT2D eigenvalue weighted by atomic mass is 9.95. The van der Waals surface area contributed by atoms with E-state index in [-0.39, 0.29) is 11.7 Å². The summed E-state index contributed by atoms with van der Waals surface area (Å²) in [5.41, 5.74) is 7.50. The molecule has 82 valence electrons. The monoisotopic (exact) mass is 205 g/mol.